The number of hydrogen-bond acceptors (Lipinski definition) is 3. The van der Waals surface area contributed by atoms with Crippen LogP contribution in [0.4, 0.5) is 5.69 Å². The number of fused-ring (bicyclic) bond motifs is 1. The molecule has 1 heterocycles. The number of hydrogen-bond donors (Lipinski definition) is 1. The summed E-state index contributed by atoms with van der Waals surface area (Å²) in [6.45, 7) is 13.8. The summed E-state index contributed by atoms with van der Waals surface area (Å²) in [6, 6.07) is 10.1. The van der Waals surface area contributed by atoms with Gasteiger partial charge in [-0.2, -0.15) is 0 Å². The molecule has 5 heteroatoms. The number of nitrogens with one attached hydrogen (secondary N) is 1. The van der Waals surface area contributed by atoms with Crippen molar-refractivity contribution in [2.45, 2.75) is 65.3 Å². The Morgan fingerprint density at radius 1 is 1.03 bits per heavy atom. The summed E-state index contributed by atoms with van der Waals surface area (Å²) < 4.78 is 29.5. The van der Waals surface area contributed by atoms with E-state index in [1.165, 1.54) is 16.8 Å². The van der Waals surface area contributed by atoms with E-state index >= 15 is 0 Å². The summed E-state index contributed by atoms with van der Waals surface area (Å²) in [7, 11) is -3.59. The second-order valence-corrected chi connectivity index (χ2v) is 10.5. The molecule has 29 heavy (non-hydrogen) atoms. The maximum absolute atomic E-state index is 13.2. The highest BCUT2D eigenvalue weighted by Gasteiger charge is 2.28. The lowest BCUT2D eigenvalue weighted by Gasteiger charge is -2.36. The highest BCUT2D eigenvalue weighted by atomic mass is 32.2. The largest absolute Gasteiger partial charge is 0.370 e. The Labute approximate surface area is 176 Å². The second kappa shape index (κ2) is 8.49. The van der Waals surface area contributed by atoms with Crippen LogP contribution in [0.3, 0.4) is 0 Å². The fourth-order valence-electron chi connectivity index (χ4n) is 4.10. The van der Waals surface area contributed by atoms with Gasteiger partial charge >= 0.3 is 0 Å². The monoisotopic (exact) mass is 414 g/mol. The van der Waals surface area contributed by atoms with E-state index in [1.807, 2.05) is 26.8 Å². The molecule has 0 aliphatic carbocycles. The lowest BCUT2D eigenvalue weighted by Crippen LogP contribution is -2.48. The van der Waals surface area contributed by atoms with Gasteiger partial charge in [-0.1, -0.05) is 37.6 Å². The first-order valence-electron chi connectivity index (χ1n) is 10.5. The number of nitrogens with zero attached hydrogens (tertiary/aromatic N) is 1. The summed E-state index contributed by atoms with van der Waals surface area (Å²) in [5, 5.41) is 0. The summed E-state index contributed by atoms with van der Waals surface area (Å²) in [5.41, 5.74) is 6.87. The number of benzene rings is 2. The Morgan fingerprint density at radius 3 is 2.45 bits per heavy atom. The Hall–Kier alpha value is -1.85. The minimum Gasteiger partial charge on any atom is -0.370 e. The molecule has 0 spiro atoms. The normalized spacial score (nSPS) is 15.5. The molecule has 0 radical (unpaired) electrons. The van der Waals surface area contributed by atoms with Gasteiger partial charge < -0.3 is 4.90 Å². The average Bonchev–Trinajstić information content (AvgIpc) is 2.65. The Morgan fingerprint density at radius 2 is 1.76 bits per heavy atom. The summed E-state index contributed by atoms with van der Waals surface area (Å²) in [5.74, 6) is 0.187. The molecule has 4 nitrogen and oxygen atoms in total. The van der Waals surface area contributed by atoms with Crippen molar-refractivity contribution in [2.75, 3.05) is 18.0 Å². The van der Waals surface area contributed by atoms with E-state index in [0.717, 1.165) is 36.1 Å². The maximum atomic E-state index is 13.2. The SMILES string of the molecule is Cc1ccc2c(c1)CCCN2CC(NS(=O)(=O)c1ccc(C)c(C)c1C)C(C)C. The van der Waals surface area contributed by atoms with E-state index in [9.17, 15) is 8.42 Å². The van der Waals surface area contributed by atoms with Gasteiger partial charge in [-0.05, 0) is 80.8 Å². The fourth-order valence-corrected chi connectivity index (χ4v) is 5.78. The van der Waals surface area contributed by atoms with Crippen LogP contribution in [0.25, 0.3) is 0 Å². The van der Waals surface area contributed by atoms with Crippen LogP contribution < -0.4 is 9.62 Å². The van der Waals surface area contributed by atoms with E-state index < -0.39 is 10.0 Å². The Balaban J connectivity index is 1.86. The van der Waals surface area contributed by atoms with Crippen LogP contribution in [-0.4, -0.2) is 27.5 Å². The molecule has 0 saturated carbocycles. The highest BCUT2D eigenvalue weighted by molar-refractivity contribution is 7.89. The molecule has 2 aromatic rings. The molecule has 2 aromatic carbocycles. The summed E-state index contributed by atoms with van der Waals surface area (Å²) in [6.07, 6.45) is 2.19. The second-order valence-electron chi connectivity index (χ2n) is 8.78. The standard InChI is InChI=1S/C24H34N2O2S/c1-16(2)22(15-26-13-7-8-21-14-17(3)9-11-23(21)26)25-29(27,28)24-12-10-18(4)19(5)20(24)6/h9-12,14,16,22,25H,7-8,13,15H2,1-6H3. The quantitative estimate of drug-likeness (QED) is 0.747. The van der Waals surface area contributed by atoms with Crippen molar-refractivity contribution in [1.82, 2.24) is 4.72 Å². The molecule has 1 N–H and O–H groups in total. The minimum absolute atomic E-state index is 0.159. The molecule has 158 valence electrons. The zero-order valence-corrected chi connectivity index (χ0v) is 19.4. The van der Waals surface area contributed by atoms with Crippen molar-refractivity contribution >= 4 is 15.7 Å². The van der Waals surface area contributed by atoms with Gasteiger partial charge in [0.25, 0.3) is 0 Å². The van der Waals surface area contributed by atoms with Gasteiger partial charge in [0.2, 0.25) is 10.0 Å². The molecule has 1 atom stereocenters. The van der Waals surface area contributed by atoms with Gasteiger partial charge in [0.05, 0.1) is 4.90 Å². The summed E-state index contributed by atoms with van der Waals surface area (Å²) in [4.78, 5) is 2.74. The van der Waals surface area contributed by atoms with Crippen LogP contribution in [0.15, 0.2) is 35.2 Å². The van der Waals surface area contributed by atoms with E-state index in [2.05, 4.69) is 48.6 Å². The molecular weight excluding hydrogens is 380 g/mol. The molecule has 1 unspecified atom stereocenters. The van der Waals surface area contributed by atoms with Crippen LogP contribution in [0.1, 0.15) is 48.1 Å². The average molecular weight is 415 g/mol. The molecule has 0 saturated heterocycles. The molecule has 1 aliphatic heterocycles. The predicted octanol–water partition coefficient (Wildman–Crippen LogP) is 4.68. The van der Waals surface area contributed by atoms with Gasteiger partial charge in [0.1, 0.15) is 0 Å². The van der Waals surface area contributed by atoms with Crippen molar-refractivity contribution < 1.29 is 8.42 Å². The van der Waals surface area contributed by atoms with Crippen LogP contribution in [0, 0.1) is 33.6 Å². The van der Waals surface area contributed by atoms with Gasteiger partial charge in [0.15, 0.2) is 0 Å². The third-order valence-electron chi connectivity index (χ3n) is 6.28. The zero-order chi connectivity index (χ0) is 21.3. The lowest BCUT2D eigenvalue weighted by atomic mass is 9.97. The molecule has 0 aromatic heterocycles. The third-order valence-corrected chi connectivity index (χ3v) is 7.91. The van der Waals surface area contributed by atoms with Gasteiger partial charge in [-0.25, -0.2) is 13.1 Å². The van der Waals surface area contributed by atoms with Gasteiger partial charge in [-0.3, -0.25) is 0 Å². The molecule has 0 amide bonds. The molecular formula is C24H34N2O2S. The topological polar surface area (TPSA) is 49.4 Å². The molecule has 0 bridgehead atoms. The van der Waals surface area contributed by atoms with Crippen molar-refractivity contribution in [3.63, 3.8) is 0 Å². The van der Waals surface area contributed by atoms with Gasteiger partial charge in [0, 0.05) is 24.8 Å². The van der Waals surface area contributed by atoms with Crippen molar-refractivity contribution in [2.24, 2.45) is 5.92 Å². The smallest absolute Gasteiger partial charge is 0.241 e. The molecule has 0 fully saturated rings. The number of sulfonamides is 1. The summed E-state index contributed by atoms with van der Waals surface area (Å²) >= 11 is 0. The predicted molar refractivity (Wildman–Crippen MR) is 121 cm³/mol. The minimum atomic E-state index is -3.59. The van der Waals surface area contributed by atoms with Crippen LogP contribution in [-0.2, 0) is 16.4 Å². The van der Waals surface area contributed by atoms with Crippen molar-refractivity contribution in [1.29, 1.82) is 0 Å². The first-order chi connectivity index (χ1) is 13.6. The zero-order valence-electron chi connectivity index (χ0n) is 18.5. The Kier molecular flexibility index (Phi) is 6.39. The lowest BCUT2D eigenvalue weighted by molar-refractivity contribution is 0.439. The fraction of sp³-hybridized carbons (Fsp3) is 0.500. The van der Waals surface area contributed by atoms with Gasteiger partial charge in [-0.15, -0.1) is 0 Å². The first kappa shape index (κ1) is 21.8. The van der Waals surface area contributed by atoms with E-state index in [0.29, 0.717) is 11.4 Å². The third kappa shape index (κ3) is 4.67. The van der Waals surface area contributed by atoms with Crippen LogP contribution in [0.2, 0.25) is 0 Å². The number of aryl methyl sites for hydroxylation is 3. The number of anilines is 1. The van der Waals surface area contributed by atoms with E-state index in [4.69, 9.17) is 0 Å². The van der Waals surface area contributed by atoms with Crippen LogP contribution >= 0.6 is 0 Å². The molecule has 3 rings (SSSR count). The number of rotatable bonds is 6. The van der Waals surface area contributed by atoms with Crippen LogP contribution in [0.5, 0.6) is 0 Å². The highest BCUT2D eigenvalue weighted by Crippen LogP contribution is 2.29. The van der Waals surface area contributed by atoms with Crippen molar-refractivity contribution in [3.8, 4) is 0 Å². The van der Waals surface area contributed by atoms with E-state index in [1.54, 1.807) is 6.07 Å². The van der Waals surface area contributed by atoms with E-state index in [-0.39, 0.29) is 12.0 Å². The maximum Gasteiger partial charge on any atom is 0.241 e. The first-order valence-corrected chi connectivity index (χ1v) is 12.0. The molecule has 1 aliphatic rings. The van der Waals surface area contributed by atoms with Crippen molar-refractivity contribution in [3.05, 3.63) is 58.1 Å². The Bertz CT molecular complexity index is 996.